The first-order chi connectivity index (χ1) is 11.9. The monoisotopic (exact) mass is 318 g/mol. The number of pyridine rings is 1. The molecule has 24 heavy (non-hydrogen) atoms. The van der Waals surface area contributed by atoms with Crippen LogP contribution in [0, 0.1) is 0 Å². The molecule has 1 aromatic heterocycles. The van der Waals surface area contributed by atoms with Gasteiger partial charge in [0.1, 0.15) is 5.75 Å². The number of nitrogens with one attached hydrogen (secondary N) is 1. The van der Waals surface area contributed by atoms with Gasteiger partial charge in [-0.05, 0) is 41.8 Å². The van der Waals surface area contributed by atoms with Gasteiger partial charge in [-0.1, -0.05) is 48.5 Å². The molecule has 2 aromatic carbocycles. The standard InChI is InChI=1S/C21H22N2O/c1-24-19-12-10-17(11-13-19)14-16-23-21(18-7-3-2-4-8-18)20-9-5-6-15-22-20/h2-13,15,21,23H,14,16H2,1H3/t21-/m1/s1. The summed E-state index contributed by atoms with van der Waals surface area (Å²) in [6, 6.07) is 24.8. The van der Waals surface area contributed by atoms with Crippen molar-refractivity contribution < 1.29 is 4.74 Å². The lowest BCUT2D eigenvalue weighted by Gasteiger charge is -2.19. The molecule has 0 unspecified atom stereocenters. The highest BCUT2D eigenvalue weighted by atomic mass is 16.5. The summed E-state index contributed by atoms with van der Waals surface area (Å²) in [7, 11) is 1.69. The molecule has 0 fully saturated rings. The van der Waals surface area contributed by atoms with Crippen LogP contribution in [0.1, 0.15) is 22.9 Å². The van der Waals surface area contributed by atoms with Gasteiger partial charge < -0.3 is 10.1 Å². The third-order valence-corrected chi connectivity index (χ3v) is 4.04. The molecule has 3 nitrogen and oxygen atoms in total. The van der Waals surface area contributed by atoms with Crippen LogP contribution in [0.3, 0.4) is 0 Å². The van der Waals surface area contributed by atoms with Gasteiger partial charge in [0.05, 0.1) is 18.8 Å². The molecule has 3 aromatic rings. The van der Waals surface area contributed by atoms with Crippen molar-refractivity contribution in [1.29, 1.82) is 0 Å². The largest absolute Gasteiger partial charge is 0.497 e. The lowest BCUT2D eigenvalue weighted by Crippen LogP contribution is -2.25. The summed E-state index contributed by atoms with van der Waals surface area (Å²) in [5.74, 6) is 0.891. The van der Waals surface area contributed by atoms with E-state index in [9.17, 15) is 0 Å². The Balaban J connectivity index is 1.68. The summed E-state index contributed by atoms with van der Waals surface area (Å²) < 4.78 is 5.20. The average Bonchev–Trinajstić information content (AvgIpc) is 2.67. The van der Waals surface area contributed by atoms with Crippen molar-refractivity contribution in [1.82, 2.24) is 10.3 Å². The van der Waals surface area contributed by atoms with Crippen molar-refractivity contribution in [2.24, 2.45) is 0 Å². The smallest absolute Gasteiger partial charge is 0.118 e. The molecule has 1 heterocycles. The van der Waals surface area contributed by atoms with Gasteiger partial charge in [-0.2, -0.15) is 0 Å². The quantitative estimate of drug-likeness (QED) is 0.714. The van der Waals surface area contributed by atoms with Crippen molar-refractivity contribution in [2.75, 3.05) is 13.7 Å². The fraction of sp³-hybridized carbons (Fsp3) is 0.190. The Morgan fingerprint density at radius 3 is 2.33 bits per heavy atom. The highest BCUT2D eigenvalue weighted by molar-refractivity contribution is 5.29. The second kappa shape index (κ2) is 8.27. The minimum Gasteiger partial charge on any atom is -0.497 e. The number of rotatable bonds is 7. The van der Waals surface area contributed by atoms with Crippen LogP contribution < -0.4 is 10.1 Å². The lowest BCUT2D eigenvalue weighted by atomic mass is 10.0. The third kappa shape index (κ3) is 4.21. The highest BCUT2D eigenvalue weighted by Gasteiger charge is 2.13. The van der Waals surface area contributed by atoms with Crippen molar-refractivity contribution in [2.45, 2.75) is 12.5 Å². The van der Waals surface area contributed by atoms with Crippen molar-refractivity contribution in [3.8, 4) is 5.75 Å². The van der Waals surface area contributed by atoms with E-state index in [2.05, 4.69) is 52.8 Å². The Kier molecular flexibility index (Phi) is 5.59. The second-order valence-electron chi connectivity index (χ2n) is 5.65. The number of benzene rings is 2. The van der Waals surface area contributed by atoms with Gasteiger partial charge in [0.25, 0.3) is 0 Å². The molecule has 0 aliphatic carbocycles. The summed E-state index contributed by atoms with van der Waals surface area (Å²) >= 11 is 0. The minimum absolute atomic E-state index is 0.102. The predicted octanol–water partition coefficient (Wildman–Crippen LogP) is 4.01. The van der Waals surface area contributed by atoms with E-state index in [1.165, 1.54) is 11.1 Å². The first-order valence-electron chi connectivity index (χ1n) is 8.19. The Bertz CT molecular complexity index is 687. The van der Waals surface area contributed by atoms with Crippen LogP contribution in [0.2, 0.25) is 0 Å². The summed E-state index contributed by atoms with van der Waals surface area (Å²) in [5, 5.41) is 3.64. The fourth-order valence-electron chi connectivity index (χ4n) is 2.74. The molecule has 0 saturated heterocycles. The molecule has 1 N–H and O–H groups in total. The number of methoxy groups -OCH3 is 1. The molecule has 0 amide bonds. The zero-order chi connectivity index (χ0) is 16.6. The average molecular weight is 318 g/mol. The SMILES string of the molecule is COc1ccc(CCN[C@H](c2ccccc2)c2ccccn2)cc1. The van der Waals surface area contributed by atoms with Gasteiger partial charge in [-0.3, -0.25) is 4.98 Å². The molecule has 0 spiro atoms. The van der Waals surface area contributed by atoms with E-state index in [1.54, 1.807) is 7.11 Å². The zero-order valence-electron chi connectivity index (χ0n) is 13.9. The second-order valence-corrected chi connectivity index (χ2v) is 5.65. The molecule has 0 radical (unpaired) electrons. The Labute approximate surface area is 143 Å². The maximum atomic E-state index is 5.20. The van der Waals surface area contributed by atoms with Crippen LogP contribution in [0.5, 0.6) is 5.75 Å². The topological polar surface area (TPSA) is 34.1 Å². The normalized spacial score (nSPS) is 11.9. The Hall–Kier alpha value is -2.65. The maximum Gasteiger partial charge on any atom is 0.118 e. The van der Waals surface area contributed by atoms with Crippen LogP contribution in [-0.2, 0) is 6.42 Å². The first kappa shape index (κ1) is 16.2. The van der Waals surface area contributed by atoms with Crippen molar-refractivity contribution in [3.05, 3.63) is 95.8 Å². The molecule has 0 bridgehead atoms. The third-order valence-electron chi connectivity index (χ3n) is 4.04. The van der Waals surface area contributed by atoms with Gasteiger partial charge in [-0.15, -0.1) is 0 Å². The van der Waals surface area contributed by atoms with Gasteiger partial charge in [0, 0.05) is 12.7 Å². The van der Waals surface area contributed by atoms with Crippen LogP contribution in [-0.4, -0.2) is 18.6 Å². The van der Waals surface area contributed by atoms with E-state index in [0.717, 1.165) is 24.4 Å². The molecular formula is C21H22N2O. The number of ether oxygens (including phenoxy) is 1. The van der Waals surface area contributed by atoms with Crippen LogP contribution >= 0.6 is 0 Å². The van der Waals surface area contributed by atoms with E-state index in [4.69, 9.17) is 4.74 Å². The van der Waals surface area contributed by atoms with Crippen LogP contribution in [0.15, 0.2) is 79.0 Å². The number of aromatic nitrogens is 1. The Morgan fingerprint density at radius 1 is 0.917 bits per heavy atom. The van der Waals surface area contributed by atoms with Gasteiger partial charge in [-0.25, -0.2) is 0 Å². The summed E-state index contributed by atoms with van der Waals surface area (Å²) in [5.41, 5.74) is 3.56. The molecule has 0 aliphatic heterocycles. The molecule has 0 aliphatic rings. The number of nitrogens with zero attached hydrogens (tertiary/aromatic N) is 1. The van der Waals surface area contributed by atoms with Crippen molar-refractivity contribution in [3.63, 3.8) is 0 Å². The Morgan fingerprint density at radius 2 is 1.67 bits per heavy atom. The van der Waals surface area contributed by atoms with Gasteiger partial charge in [0.2, 0.25) is 0 Å². The molecule has 3 rings (SSSR count). The maximum absolute atomic E-state index is 5.20. The zero-order valence-corrected chi connectivity index (χ0v) is 13.9. The van der Waals surface area contributed by atoms with Crippen molar-refractivity contribution >= 4 is 0 Å². The van der Waals surface area contributed by atoms with E-state index in [1.807, 2.05) is 36.5 Å². The minimum atomic E-state index is 0.102. The van der Waals surface area contributed by atoms with E-state index >= 15 is 0 Å². The predicted molar refractivity (Wildman–Crippen MR) is 97.2 cm³/mol. The molecule has 1 atom stereocenters. The summed E-state index contributed by atoms with van der Waals surface area (Å²) in [4.78, 5) is 4.52. The van der Waals surface area contributed by atoms with Gasteiger partial charge in [0.15, 0.2) is 0 Å². The van der Waals surface area contributed by atoms with Gasteiger partial charge >= 0.3 is 0 Å². The summed E-state index contributed by atoms with van der Waals surface area (Å²) in [6.45, 7) is 0.877. The number of hydrogen-bond acceptors (Lipinski definition) is 3. The van der Waals surface area contributed by atoms with Crippen LogP contribution in [0.25, 0.3) is 0 Å². The molecule has 0 saturated carbocycles. The highest BCUT2D eigenvalue weighted by Crippen LogP contribution is 2.20. The van der Waals surface area contributed by atoms with E-state index < -0.39 is 0 Å². The molecule has 122 valence electrons. The number of hydrogen-bond donors (Lipinski definition) is 1. The molecule has 3 heteroatoms. The lowest BCUT2D eigenvalue weighted by molar-refractivity contribution is 0.414. The van der Waals surface area contributed by atoms with E-state index in [-0.39, 0.29) is 6.04 Å². The first-order valence-corrected chi connectivity index (χ1v) is 8.19. The van der Waals surface area contributed by atoms with Crippen LogP contribution in [0.4, 0.5) is 0 Å². The molecular weight excluding hydrogens is 296 g/mol. The van der Waals surface area contributed by atoms with E-state index in [0.29, 0.717) is 0 Å². The fourth-order valence-corrected chi connectivity index (χ4v) is 2.74. The summed E-state index contributed by atoms with van der Waals surface area (Å²) in [6.07, 6.45) is 2.80.